The van der Waals surface area contributed by atoms with Gasteiger partial charge in [-0.2, -0.15) is 0 Å². The van der Waals surface area contributed by atoms with Crippen LogP contribution >= 0.6 is 0 Å². The Bertz CT molecular complexity index is 681. The molecule has 0 fully saturated rings. The summed E-state index contributed by atoms with van der Waals surface area (Å²) in [6, 6.07) is 15.1. The van der Waals surface area contributed by atoms with E-state index in [9.17, 15) is 10.2 Å². The molecular formula is C22H28O2. The largest absolute Gasteiger partial charge is 0.508 e. The van der Waals surface area contributed by atoms with Gasteiger partial charge in [-0.3, -0.25) is 0 Å². The molecule has 2 N–H and O–H groups in total. The van der Waals surface area contributed by atoms with Gasteiger partial charge in [0.25, 0.3) is 0 Å². The highest BCUT2D eigenvalue weighted by Crippen LogP contribution is 2.44. The van der Waals surface area contributed by atoms with E-state index < -0.39 is 0 Å². The van der Waals surface area contributed by atoms with Crippen molar-refractivity contribution in [3.05, 3.63) is 65.7 Å². The fraction of sp³-hybridized carbons (Fsp3) is 0.364. The summed E-state index contributed by atoms with van der Waals surface area (Å²) in [7, 11) is 0. The summed E-state index contributed by atoms with van der Waals surface area (Å²) in [4.78, 5) is 0. The minimum atomic E-state index is 0.00737. The zero-order valence-electron chi connectivity index (χ0n) is 15.1. The molecule has 0 saturated heterocycles. The maximum Gasteiger partial charge on any atom is 0.115 e. The third-order valence-corrected chi connectivity index (χ3v) is 5.27. The molecule has 2 nitrogen and oxygen atoms in total. The van der Waals surface area contributed by atoms with Gasteiger partial charge >= 0.3 is 0 Å². The summed E-state index contributed by atoms with van der Waals surface area (Å²) < 4.78 is 0. The lowest BCUT2D eigenvalue weighted by Gasteiger charge is -2.39. The summed E-state index contributed by atoms with van der Waals surface area (Å²) >= 11 is 0. The number of phenols is 2. The number of phenolic OH excluding ortho intramolecular Hbond substituents is 2. The molecule has 0 bridgehead atoms. The molecule has 2 rings (SSSR count). The molecule has 0 radical (unpaired) electrons. The molecule has 0 spiro atoms. The molecule has 0 heterocycles. The monoisotopic (exact) mass is 324 g/mol. The van der Waals surface area contributed by atoms with Crippen LogP contribution in [-0.2, 0) is 5.41 Å². The van der Waals surface area contributed by atoms with Gasteiger partial charge in [-0.25, -0.2) is 0 Å². The molecule has 2 heteroatoms. The Morgan fingerprint density at radius 2 is 1.46 bits per heavy atom. The Balaban J connectivity index is 2.44. The molecular weight excluding hydrogens is 296 g/mol. The van der Waals surface area contributed by atoms with Crippen molar-refractivity contribution in [2.45, 2.75) is 46.0 Å². The predicted octanol–water partition coefficient (Wildman–Crippen LogP) is 5.90. The molecule has 2 aromatic rings. The molecule has 0 saturated carbocycles. The topological polar surface area (TPSA) is 40.5 Å². The fourth-order valence-electron chi connectivity index (χ4n) is 3.56. The predicted molar refractivity (Wildman–Crippen MR) is 101 cm³/mol. The second-order valence-electron chi connectivity index (χ2n) is 6.75. The van der Waals surface area contributed by atoms with Gasteiger partial charge in [0.05, 0.1) is 0 Å². The molecule has 128 valence electrons. The minimum absolute atomic E-state index is 0.00737. The van der Waals surface area contributed by atoms with E-state index in [1.807, 2.05) is 24.3 Å². The highest BCUT2D eigenvalue weighted by Gasteiger charge is 2.34. The quantitative estimate of drug-likeness (QED) is 0.695. The first-order valence-electron chi connectivity index (χ1n) is 8.67. The van der Waals surface area contributed by atoms with Crippen LogP contribution in [0.2, 0.25) is 0 Å². The van der Waals surface area contributed by atoms with E-state index in [1.165, 1.54) is 11.1 Å². The van der Waals surface area contributed by atoms with Crippen molar-refractivity contribution in [3.63, 3.8) is 0 Å². The third-order valence-electron chi connectivity index (χ3n) is 5.27. The molecule has 0 aromatic heterocycles. The van der Waals surface area contributed by atoms with Crippen LogP contribution in [0.1, 0.15) is 51.7 Å². The van der Waals surface area contributed by atoms with Crippen LogP contribution in [0.15, 0.2) is 54.6 Å². The van der Waals surface area contributed by atoms with Crippen molar-refractivity contribution >= 4 is 5.57 Å². The van der Waals surface area contributed by atoms with Crippen molar-refractivity contribution in [1.29, 1.82) is 0 Å². The standard InChI is InChI=1S/C22H28O2/c1-5-17(18-7-11-20(23)12-8-18)15-22(6-2,16(3)4)19-9-13-21(24)14-10-19/h5,7-14,16,23-24H,6,15H2,1-4H3/b17-5-. The Morgan fingerprint density at radius 3 is 1.88 bits per heavy atom. The Morgan fingerprint density at radius 1 is 0.958 bits per heavy atom. The molecule has 24 heavy (non-hydrogen) atoms. The Hall–Kier alpha value is -2.22. The lowest BCUT2D eigenvalue weighted by atomic mass is 9.65. The average molecular weight is 324 g/mol. The number of hydrogen-bond donors (Lipinski definition) is 2. The van der Waals surface area contributed by atoms with Crippen molar-refractivity contribution in [2.24, 2.45) is 5.92 Å². The van der Waals surface area contributed by atoms with E-state index in [4.69, 9.17) is 0 Å². The summed E-state index contributed by atoms with van der Waals surface area (Å²) in [6.45, 7) is 8.83. The molecule has 0 aliphatic carbocycles. The van der Waals surface area contributed by atoms with E-state index in [1.54, 1.807) is 24.3 Å². The van der Waals surface area contributed by atoms with Crippen LogP contribution in [0.5, 0.6) is 11.5 Å². The zero-order valence-corrected chi connectivity index (χ0v) is 15.1. The molecule has 0 amide bonds. The maximum atomic E-state index is 9.63. The lowest BCUT2D eigenvalue weighted by molar-refractivity contribution is 0.301. The van der Waals surface area contributed by atoms with Gasteiger partial charge < -0.3 is 10.2 Å². The number of rotatable bonds is 6. The number of benzene rings is 2. The number of aromatic hydroxyl groups is 2. The van der Waals surface area contributed by atoms with Crippen molar-refractivity contribution < 1.29 is 10.2 Å². The first-order valence-corrected chi connectivity index (χ1v) is 8.67. The van der Waals surface area contributed by atoms with E-state index in [2.05, 4.69) is 33.8 Å². The highest BCUT2D eigenvalue weighted by molar-refractivity contribution is 5.67. The van der Waals surface area contributed by atoms with Gasteiger partial charge in [0, 0.05) is 5.41 Å². The van der Waals surface area contributed by atoms with Crippen molar-refractivity contribution in [2.75, 3.05) is 0 Å². The minimum Gasteiger partial charge on any atom is -0.508 e. The molecule has 1 unspecified atom stereocenters. The van der Waals surface area contributed by atoms with E-state index >= 15 is 0 Å². The Kier molecular flexibility index (Phi) is 5.71. The fourth-order valence-corrected chi connectivity index (χ4v) is 3.56. The second kappa shape index (κ2) is 7.57. The normalized spacial score (nSPS) is 14.6. The van der Waals surface area contributed by atoms with Crippen LogP contribution in [0.4, 0.5) is 0 Å². The Labute approximate surface area is 145 Å². The van der Waals surface area contributed by atoms with Crippen LogP contribution in [0.3, 0.4) is 0 Å². The SMILES string of the molecule is C/C=C(/CC(CC)(c1ccc(O)cc1)C(C)C)c1ccc(O)cc1. The third kappa shape index (κ3) is 3.64. The molecule has 2 aromatic carbocycles. The van der Waals surface area contributed by atoms with E-state index in [0.717, 1.165) is 18.4 Å². The van der Waals surface area contributed by atoms with Crippen LogP contribution in [-0.4, -0.2) is 10.2 Å². The van der Waals surface area contributed by atoms with Gasteiger partial charge in [-0.15, -0.1) is 0 Å². The first kappa shape index (κ1) is 18.1. The van der Waals surface area contributed by atoms with Gasteiger partial charge in [-0.05, 0) is 66.6 Å². The van der Waals surface area contributed by atoms with Crippen LogP contribution < -0.4 is 0 Å². The van der Waals surface area contributed by atoms with Crippen molar-refractivity contribution in [1.82, 2.24) is 0 Å². The summed E-state index contributed by atoms with van der Waals surface area (Å²) in [6.07, 6.45) is 4.11. The highest BCUT2D eigenvalue weighted by atomic mass is 16.3. The van der Waals surface area contributed by atoms with E-state index in [0.29, 0.717) is 17.4 Å². The summed E-state index contributed by atoms with van der Waals surface area (Å²) in [5, 5.41) is 19.2. The van der Waals surface area contributed by atoms with Gasteiger partial charge in [-0.1, -0.05) is 51.1 Å². The van der Waals surface area contributed by atoms with Crippen molar-refractivity contribution in [3.8, 4) is 11.5 Å². The lowest BCUT2D eigenvalue weighted by Crippen LogP contribution is -2.32. The maximum absolute atomic E-state index is 9.63. The van der Waals surface area contributed by atoms with Gasteiger partial charge in [0.15, 0.2) is 0 Å². The number of allylic oxidation sites excluding steroid dienone is 2. The molecule has 0 aliphatic heterocycles. The van der Waals surface area contributed by atoms with Crippen LogP contribution in [0.25, 0.3) is 5.57 Å². The number of hydrogen-bond acceptors (Lipinski definition) is 2. The zero-order chi connectivity index (χ0) is 17.7. The first-order chi connectivity index (χ1) is 11.4. The average Bonchev–Trinajstić information content (AvgIpc) is 2.58. The van der Waals surface area contributed by atoms with E-state index in [-0.39, 0.29) is 5.41 Å². The molecule has 1 atom stereocenters. The molecule has 0 aliphatic rings. The summed E-state index contributed by atoms with van der Waals surface area (Å²) in [5.41, 5.74) is 3.69. The smallest absolute Gasteiger partial charge is 0.115 e. The summed E-state index contributed by atoms with van der Waals surface area (Å²) in [5.74, 6) is 1.05. The van der Waals surface area contributed by atoms with Gasteiger partial charge in [0.2, 0.25) is 0 Å². The van der Waals surface area contributed by atoms with Gasteiger partial charge in [0.1, 0.15) is 11.5 Å². The van der Waals surface area contributed by atoms with Crippen LogP contribution in [0, 0.1) is 5.92 Å². The second-order valence-corrected chi connectivity index (χ2v) is 6.75.